The summed E-state index contributed by atoms with van der Waals surface area (Å²) >= 11 is 0. The highest BCUT2D eigenvalue weighted by atomic mass is 16.5. The number of likely N-dealkylation sites (N-methyl/N-ethyl adjacent to an activating group) is 1. The number of carbonyl (C=O) groups is 2. The molecule has 0 saturated carbocycles. The number of hydrogen-bond acceptors (Lipinski definition) is 4. The molecule has 0 spiro atoms. The van der Waals surface area contributed by atoms with Crippen LogP contribution in [0.2, 0.25) is 0 Å². The van der Waals surface area contributed by atoms with Crippen LogP contribution in [0, 0.1) is 6.92 Å². The van der Waals surface area contributed by atoms with Crippen molar-refractivity contribution < 1.29 is 14.3 Å². The van der Waals surface area contributed by atoms with E-state index >= 15 is 0 Å². The average molecular weight is 264 g/mol. The highest BCUT2D eigenvalue weighted by Crippen LogP contribution is 2.13. The van der Waals surface area contributed by atoms with E-state index in [0.29, 0.717) is 6.54 Å². The topological polar surface area (TPSA) is 58.6 Å². The second kappa shape index (κ2) is 6.78. The first-order valence-electron chi connectivity index (χ1n) is 6.06. The van der Waals surface area contributed by atoms with Gasteiger partial charge in [0.15, 0.2) is 0 Å². The van der Waals surface area contributed by atoms with Gasteiger partial charge in [-0.25, -0.2) is 4.79 Å². The molecular formula is C14H20N2O3. The van der Waals surface area contributed by atoms with Crippen molar-refractivity contribution in [1.29, 1.82) is 0 Å². The van der Waals surface area contributed by atoms with E-state index in [0.717, 1.165) is 5.69 Å². The monoisotopic (exact) mass is 264 g/mol. The van der Waals surface area contributed by atoms with Crippen molar-refractivity contribution in [2.45, 2.75) is 19.9 Å². The van der Waals surface area contributed by atoms with E-state index in [9.17, 15) is 9.59 Å². The first-order chi connectivity index (χ1) is 8.93. The molecule has 1 aromatic carbocycles. The van der Waals surface area contributed by atoms with Gasteiger partial charge in [-0.1, -0.05) is 17.7 Å². The molecule has 0 heterocycles. The van der Waals surface area contributed by atoms with Crippen LogP contribution in [0.5, 0.6) is 0 Å². The van der Waals surface area contributed by atoms with Gasteiger partial charge < -0.3 is 15.0 Å². The Morgan fingerprint density at radius 1 is 1.32 bits per heavy atom. The van der Waals surface area contributed by atoms with Crippen molar-refractivity contribution in [2.24, 2.45) is 0 Å². The van der Waals surface area contributed by atoms with E-state index in [4.69, 9.17) is 0 Å². The van der Waals surface area contributed by atoms with Crippen LogP contribution in [-0.2, 0) is 14.3 Å². The van der Waals surface area contributed by atoms with Crippen molar-refractivity contribution in [3.8, 4) is 0 Å². The van der Waals surface area contributed by atoms with Crippen LogP contribution in [-0.4, -0.2) is 38.6 Å². The summed E-state index contributed by atoms with van der Waals surface area (Å²) in [6.07, 6.45) is 0. The molecule has 1 N–H and O–H groups in total. The quantitative estimate of drug-likeness (QED) is 0.809. The highest BCUT2D eigenvalue weighted by molar-refractivity contribution is 5.83. The number of anilines is 1. The van der Waals surface area contributed by atoms with Gasteiger partial charge in [0.25, 0.3) is 0 Å². The number of carbonyl (C=O) groups excluding carboxylic acids is 2. The maximum absolute atomic E-state index is 11.6. The van der Waals surface area contributed by atoms with Crippen LogP contribution < -0.4 is 10.2 Å². The van der Waals surface area contributed by atoms with Crippen LogP contribution in [0.4, 0.5) is 5.69 Å². The second-order valence-corrected chi connectivity index (χ2v) is 4.49. The van der Waals surface area contributed by atoms with Crippen molar-refractivity contribution in [3.63, 3.8) is 0 Å². The van der Waals surface area contributed by atoms with Gasteiger partial charge in [-0.05, 0) is 19.1 Å². The van der Waals surface area contributed by atoms with Gasteiger partial charge in [0.1, 0.15) is 6.04 Å². The number of amides is 1. The lowest BCUT2D eigenvalue weighted by atomic mass is 10.2. The Kier molecular flexibility index (Phi) is 5.36. The Bertz CT molecular complexity index is 443. The number of aryl methyl sites for hydroxylation is 1. The number of hydrogen-bond donors (Lipinski definition) is 1. The number of esters is 1. The number of nitrogens with zero attached hydrogens (tertiary/aromatic N) is 1. The number of nitrogens with one attached hydrogen (secondary N) is 1. The summed E-state index contributed by atoms with van der Waals surface area (Å²) in [5.41, 5.74) is 2.15. The molecule has 19 heavy (non-hydrogen) atoms. The van der Waals surface area contributed by atoms with E-state index in [1.54, 1.807) is 0 Å². The zero-order chi connectivity index (χ0) is 14.4. The lowest BCUT2D eigenvalue weighted by molar-refractivity contribution is -0.144. The molecule has 0 radical (unpaired) electrons. The summed E-state index contributed by atoms with van der Waals surface area (Å²) < 4.78 is 4.69. The molecule has 0 saturated heterocycles. The van der Waals surface area contributed by atoms with E-state index in [-0.39, 0.29) is 5.91 Å². The molecule has 1 atom stereocenters. The van der Waals surface area contributed by atoms with E-state index in [1.165, 1.54) is 19.6 Å². The molecule has 0 aromatic heterocycles. The fourth-order valence-corrected chi connectivity index (χ4v) is 1.75. The van der Waals surface area contributed by atoms with E-state index in [2.05, 4.69) is 10.1 Å². The summed E-state index contributed by atoms with van der Waals surface area (Å²) in [5, 5.41) is 2.59. The minimum atomic E-state index is -0.672. The van der Waals surface area contributed by atoms with Gasteiger partial charge >= 0.3 is 5.97 Å². The normalized spacial score (nSPS) is 11.6. The van der Waals surface area contributed by atoms with Crippen LogP contribution >= 0.6 is 0 Å². The summed E-state index contributed by atoms with van der Waals surface area (Å²) in [6, 6.07) is 7.26. The van der Waals surface area contributed by atoms with Gasteiger partial charge in [0, 0.05) is 26.2 Å². The summed E-state index contributed by atoms with van der Waals surface area (Å²) in [5.74, 6) is -0.707. The van der Waals surface area contributed by atoms with Gasteiger partial charge in [0.2, 0.25) is 5.91 Å². The predicted molar refractivity (Wildman–Crippen MR) is 74.1 cm³/mol. The smallest absolute Gasteiger partial charge is 0.330 e. The first-order valence-corrected chi connectivity index (χ1v) is 6.06. The van der Waals surface area contributed by atoms with Crippen LogP contribution in [0.15, 0.2) is 24.3 Å². The van der Waals surface area contributed by atoms with Crippen molar-refractivity contribution in [2.75, 3.05) is 25.6 Å². The Morgan fingerprint density at radius 2 is 1.89 bits per heavy atom. The third kappa shape index (κ3) is 4.62. The van der Waals surface area contributed by atoms with Crippen molar-refractivity contribution >= 4 is 17.6 Å². The van der Waals surface area contributed by atoms with Crippen LogP contribution in [0.25, 0.3) is 0 Å². The fraction of sp³-hybridized carbons (Fsp3) is 0.429. The van der Waals surface area contributed by atoms with Gasteiger partial charge in [-0.3, -0.25) is 4.79 Å². The number of benzene rings is 1. The molecule has 1 unspecified atom stereocenters. The Morgan fingerprint density at radius 3 is 2.37 bits per heavy atom. The third-order valence-corrected chi connectivity index (χ3v) is 2.79. The van der Waals surface area contributed by atoms with Gasteiger partial charge in [0.05, 0.1) is 7.11 Å². The van der Waals surface area contributed by atoms with Crippen LogP contribution in [0.3, 0.4) is 0 Å². The third-order valence-electron chi connectivity index (χ3n) is 2.79. The van der Waals surface area contributed by atoms with E-state index in [1.807, 2.05) is 43.1 Å². The number of rotatable bonds is 5. The molecule has 0 aliphatic rings. The average Bonchev–Trinajstić information content (AvgIpc) is 2.37. The molecule has 0 aliphatic carbocycles. The first kappa shape index (κ1) is 15.0. The summed E-state index contributed by atoms with van der Waals surface area (Å²) in [6.45, 7) is 3.75. The molecule has 5 heteroatoms. The molecule has 1 amide bonds. The molecule has 104 valence electrons. The SMILES string of the molecule is COC(=O)C(CN(C)c1ccc(C)cc1)NC(C)=O. The largest absolute Gasteiger partial charge is 0.467 e. The predicted octanol–water partition coefficient (Wildman–Crippen LogP) is 1.11. The van der Waals surface area contributed by atoms with Crippen molar-refractivity contribution in [1.82, 2.24) is 5.32 Å². The Hall–Kier alpha value is -2.04. The Labute approximate surface area is 113 Å². The fourth-order valence-electron chi connectivity index (χ4n) is 1.75. The number of ether oxygens (including phenoxy) is 1. The summed E-state index contributed by atoms with van der Waals surface area (Å²) in [4.78, 5) is 24.6. The van der Waals surface area contributed by atoms with Gasteiger partial charge in [-0.15, -0.1) is 0 Å². The zero-order valence-corrected chi connectivity index (χ0v) is 11.8. The molecule has 1 rings (SSSR count). The molecule has 1 aromatic rings. The molecule has 5 nitrogen and oxygen atoms in total. The molecule has 0 bridgehead atoms. The lowest BCUT2D eigenvalue weighted by Crippen LogP contribution is -2.47. The molecule has 0 fully saturated rings. The maximum atomic E-state index is 11.6. The minimum Gasteiger partial charge on any atom is -0.467 e. The van der Waals surface area contributed by atoms with Crippen molar-refractivity contribution in [3.05, 3.63) is 29.8 Å². The second-order valence-electron chi connectivity index (χ2n) is 4.49. The minimum absolute atomic E-state index is 0.257. The maximum Gasteiger partial charge on any atom is 0.330 e. The van der Waals surface area contributed by atoms with Crippen LogP contribution in [0.1, 0.15) is 12.5 Å². The standard InChI is InChI=1S/C14H20N2O3/c1-10-5-7-12(8-6-10)16(3)9-13(14(18)19-4)15-11(2)17/h5-8,13H,9H2,1-4H3,(H,15,17). The Balaban J connectivity index is 2.75. The highest BCUT2D eigenvalue weighted by Gasteiger charge is 2.22. The summed E-state index contributed by atoms with van der Waals surface area (Å²) in [7, 11) is 3.17. The molecular weight excluding hydrogens is 244 g/mol. The van der Waals surface area contributed by atoms with E-state index < -0.39 is 12.0 Å². The zero-order valence-electron chi connectivity index (χ0n) is 11.8. The number of methoxy groups -OCH3 is 1. The molecule has 0 aliphatic heterocycles. The lowest BCUT2D eigenvalue weighted by Gasteiger charge is -2.24. The van der Waals surface area contributed by atoms with Gasteiger partial charge in [-0.2, -0.15) is 0 Å².